The summed E-state index contributed by atoms with van der Waals surface area (Å²) in [4.78, 5) is 37.8. The van der Waals surface area contributed by atoms with Crippen molar-refractivity contribution in [1.29, 1.82) is 0 Å². The van der Waals surface area contributed by atoms with Gasteiger partial charge in [0.25, 0.3) is 0 Å². The molecule has 11 nitrogen and oxygen atoms in total. The normalized spacial score (nSPS) is 38.5. The van der Waals surface area contributed by atoms with Crippen LogP contribution < -0.4 is 10.4 Å². The van der Waals surface area contributed by atoms with Gasteiger partial charge in [-0.3, -0.25) is 29.7 Å². The first-order valence-corrected chi connectivity index (χ1v) is 19.1. The van der Waals surface area contributed by atoms with Crippen LogP contribution in [-0.4, -0.2) is 108 Å². The van der Waals surface area contributed by atoms with Gasteiger partial charge in [0.05, 0.1) is 10.7 Å². The summed E-state index contributed by atoms with van der Waals surface area (Å²) in [6, 6.07) is 5.06. The van der Waals surface area contributed by atoms with Crippen LogP contribution in [0, 0.1) is 23.7 Å². The minimum Gasteiger partial charge on any atom is -0.454 e. The lowest BCUT2D eigenvalue weighted by atomic mass is 9.55. The van der Waals surface area contributed by atoms with E-state index in [-0.39, 0.29) is 30.1 Å². The van der Waals surface area contributed by atoms with E-state index in [1.807, 2.05) is 13.8 Å². The van der Waals surface area contributed by atoms with Crippen molar-refractivity contribution < 1.29 is 34.1 Å². The molecule has 1 unspecified atom stereocenters. The molecule has 3 aliphatic heterocycles. The van der Waals surface area contributed by atoms with Gasteiger partial charge in [-0.05, 0) is 62.0 Å². The Morgan fingerprint density at radius 2 is 1.82 bits per heavy atom. The van der Waals surface area contributed by atoms with E-state index in [9.17, 15) is 19.8 Å². The van der Waals surface area contributed by atoms with Crippen molar-refractivity contribution in [1.82, 2.24) is 15.1 Å². The van der Waals surface area contributed by atoms with Gasteiger partial charge < -0.3 is 24.6 Å². The molecule has 2 saturated heterocycles. The summed E-state index contributed by atoms with van der Waals surface area (Å²) >= 11 is 6.48. The number of hydroxylamine groups is 1. The van der Waals surface area contributed by atoms with Crippen molar-refractivity contribution in [2.45, 2.75) is 114 Å². The average molecular weight is 715 g/mol. The third kappa shape index (κ3) is 6.28. The molecule has 0 radical (unpaired) electrons. The fourth-order valence-electron chi connectivity index (χ4n) is 10.3. The highest BCUT2D eigenvalue weighted by atomic mass is 35.5. The number of piperazine rings is 1. The van der Waals surface area contributed by atoms with Gasteiger partial charge in [0, 0.05) is 70.6 Å². The summed E-state index contributed by atoms with van der Waals surface area (Å²) in [5.41, 5.74) is -1.15. The topological polar surface area (TPSA) is 124 Å². The molecule has 3 heterocycles. The number of hydrogen-bond acceptors (Lipinski definition) is 11. The van der Waals surface area contributed by atoms with Gasteiger partial charge >= 0.3 is 11.9 Å². The zero-order chi connectivity index (χ0) is 35.5. The molecule has 0 aromatic heterocycles. The maximum Gasteiger partial charge on any atom is 0.323 e. The first-order valence-electron chi connectivity index (χ1n) is 18.7. The van der Waals surface area contributed by atoms with Crippen LogP contribution in [0.15, 0.2) is 29.8 Å². The number of aliphatic hydroxyl groups is 2. The Kier molecular flexibility index (Phi) is 10.1. The largest absolute Gasteiger partial charge is 0.454 e. The van der Waals surface area contributed by atoms with Gasteiger partial charge in [0.15, 0.2) is 18.4 Å². The number of carbonyl (C=O) groups is 2. The molecule has 3 aliphatic carbocycles. The number of carbonyl (C=O) groups excluding carboxylic acids is 2. The number of halogens is 1. The number of nitrogens with one attached hydrogen (secondary N) is 1. The Morgan fingerprint density at radius 1 is 1.10 bits per heavy atom. The Labute approximate surface area is 301 Å². The van der Waals surface area contributed by atoms with Crippen LogP contribution in [0.2, 0.25) is 5.02 Å². The highest BCUT2D eigenvalue weighted by Crippen LogP contribution is 2.53. The second-order valence-corrected chi connectivity index (χ2v) is 16.5. The monoisotopic (exact) mass is 714 g/mol. The highest BCUT2D eigenvalue weighted by Gasteiger charge is 2.62. The minimum absolute atomic E-state index is 0.0253. The fraction of sp³-hybridized carbons (Fsp3) is 0.737. The Balaban J connectivity index is 1.10. The fourth-order valence-corrected chi connectivity index (χ4v) is 10.6. The molecule has 10 atom stereocenters. The van der Waals surface area contributed by atoms with Crippen molar-refractivity contribution >= 4 is 29.2 Å². The maximum absolute atomic E-state index is 14.1. The SMILES string of the molecule is CC(=O)O[C@@H]1C(C)=C[C@@H]2[C@H](C(C)CN3CCN(C4CCCC4)CC3)CC[C@@H](C)[C@]2(O)[C@H]1OC(=O)[C@@H]1C[C@@]2(O)c3cccc(Cl)c3N(C)O[C@H]2N1. The van der Waals surface area contributed by atoms with E-state index < -0.39 is 47.6 Å². The lowest BCUT2D eigenvalue weighted by Gasteiger charge is -2.56. The Hall–Kier alpha value is -2.25. The van der Waals surface area contributed by atoms with E-state index in [4.69, 9.17) is 25.9 Å². The molecule has 0 amide bonds. The van der Waals surface area contributed by atoms with Gasteiger partial charge in [-0.2, -0.15) is 0 Å². The molecule has 3 N–H and O–H groups in total. The quantitative estimate of drug-likeness (QED) is 0.281. The zero-order valence-corrected chi connectivity index (χ0v) is 30.9. The number of nitrogens with zero attached hydrogens (tertiary/aromatic N) is 3. The van der Waals surface area contributed by atoms with Crippen LogP contribution in [0.5, 0.6) is 0 Å². The van der Waals surface area contributed by atoms with Gasteiger partial charge in [-0.1, -0.05) is 56.5 Å². The summed E-state index contributed by atoms with van der Waals surface area (Å²) in [5.74, 6) is -1.23. The number of rotatable bonds is 7. The third-order valence-electron chi connectivity index (χ3n) is 13.0. The van der Waals surface area contributed by atoms with E-state index in [2.05, 4.69) is 28.1 Å². The summed E-state index contributed by atoms with van der Waals surface area (Å²) in [6.07, 6.45) is 6.13. The lowest BCUT2D eigenvalue weighted by Crippen LogP contribution is -2.66. The molecule has 1 aromatic carbocycles. The summed E-state index contributed by atoms with van der Waals surface area (Å²) in [5, 5.41) is 29.8. The van der Waals surface area contributed by atoms with Gasteiger partial charge in [0.2, 0.25) is 0 Å². The van der Waals surface area contributed by atoms with Crippen LogP contribution >= 0.6 is 11.6 Å². The molecule has 7 rings (SSSR count). The minimum atomic E-state index is -1.55. The molecule has 0 spiro atoms. The van der Waals surface area contributed by atoms with E-state index in [0.29, 0.717) is 16.3 Å². The first-order chi connectivity index (χ1) is 23.8. The molecule has 2 saturated carbocycles. The van der Waals surface area contributed by atoms with Crippen molar-refractivity contribution in [3.05, 3.63) is 40.4 Å². The van der Waals surface area contributed by atoms with Crippen LogP contribution in [0.3, 0.4) is 0 Å². The molecule has 6 aliphatic rings. The predicted molar refractivity (Wildman–Crippen MR) is 189 cm³/mol. The second-order valence-electron chi connectivity index (χ2n) is 16.1. The Morgan fingerprint density at radius 3 is 2.52 bits per heavy atom. The number of benzene rings is 1. The van der Waals surface area contributed by atoms with Crippen LogP contribution in [0.1, 0.15) is 78.2 Å². The molecular formula is C38H55ClN4O7. The maximum atomic E-state index is 14.1. The molecule has 1 aromatic rings. The summed E-state index contributed by atoms with van der Waals surface area (Å²) in [6.45, 7) is 12.8. The van der Waals surface area contributed by atoms with Gasteiger partial charge in [-0.25, -0.2) is 0 Å². The van der Waals surface area contributed by atoms with Gasteiger partial charge in [0.1, 0.15) is 17.2 Å². The van der Waals surface area contributed by atoms with E-state index in [1.165, 1.54) is 37.7 Å². The standard InChI is InChI=1S/C38H55ClN4O7/c1-22-19-29-27(23(2)21-42-15-17-43(18-16-42)26-9-6-7-10-26)14-13-24(3)38(29,47)34(33(22)48-25(4)44)49-35(45)31-20-37(46)28-11-8-12-30(39)32(28)41(5)50-36(37)40-31/h8,11-12,19,23-24,26-27,29,31,33-34,36,40,46-47H,6-7,9-10,13-18,20-21H2,1-5H3/t23?,24-,27+,29-,31+,33-,34+,36-,37-,38-/m1/s1. The number of ether oxygens (including phenoxy) is 2. The molecule has 12 heteroatoms. The molecular weight excluding hydrogens is 660 g/mol. The van der Waals surface area contributed by atoms with E-state index in [0.717, 1.165) is 57.2 Å². The molecule has 4 fully saturated rings. The summed E-state index contributed by atoms with van der Waals surface area (Å²) in [7, 11) is 1.70. The van der Waals surface area contributed by atoms with E-state index >= 15 is 0 Å². The number of esters is 2. The zero-order valence-electron chi connectivity index (χ0n) is 30.1. The summed E-state index contributed by atoms with van der Waals surface area (Å²) < 4.78 is 12.2. The van der Waals surface area contributed by atoms with Crippen LogP contribution in [0.25, 0.3) is 0 Å². The van der Waals surface area contributed by atoms with Crippen molar-refractivity contribution in [2.24, 2.45) is 23.7 Å². The highest BCUT2D eigenvalue weighted by molar-refractivity contribution is 6.33. The Bertz CT molecular complexity index is 1480. The number of fused-ring (bicyclic) bond motifs is 4. The lowest BCUT2D eigenvalue weighted by molar-refractivity contribution is -0.225. The first kappa shape index (κ1) is 36.1. The van der Waals surface area contributed by atoms with Crippen LogP contribution in [-0.2, 0) is 29.5 Å². The second kappa shape index (κ2) is 14.0. The number of anilines is 1. The number of para-hydroxylation sites is 1. The number of hydrogen-bond donors (Lipinski definition) is 3. The smallest absolute Gasteiger partial charge is 0.323 e. The average Bonchev–Trinajstić information content (AvgIpc) is 3.73. The van der Waals surface area contributed by atoms with Gasteiger partial charge in [-0.15, -0.1) is 0 Å². The third-order valence-corrected chi connectivity index (χ3v) is 13.3. The van der Waals surface area contributed by atoms with E-state index in [1.54, 1.807) is 25.2 Å². The van der Waals surface area contributed by atoms with Crippen molar-refractivity contribution in [3.8, 4) is 0 Å². The van der Waals surface area contributed by atoms with Crippen molar-refractivity contribution in [2.75, 3.05) is 44.8 Å². The van der Waals surface area contributed by atoms with Crippen LogP contribution in [0.4, 0.5) is 5.69 Å². The molecule has 50 heavy (non-hydrogen) atoms. The molecule has 276 valence electrons. The van der Waals surface area contributed by atoms with Crippen molar-refractivity contribution in [3.63, 3.8) is 0 Å². The molecule has 0 bridgehead atoms. The predicted octanol–water partition coefficient (Wildman–Crippen LogP) is 3.99.